The monoisotopic (exact) mass is 760 g/mol. The van der Waals surface area contributed by atoms with Crippen LogP contribution in [0.2, 0.25) is 0 Å². The molecule has 0 unspecified atom stereocenters. The molecule has 4 aliphatic rings. The molecular formula is C42H52N2O11. The van der Waals surface area contributed by atoms with Gasteiger partial charge in [0, 0.05) is 56.5 Å². The fraction of sp³-hybridized carbons (Fsp3) is 0.571. The molecule has 0 amide bonds. The molecule has 1 aromatic heterocycles. The Morgan fingerprint density at radius 3 is 2.16 bits per heavy atom. The van der Waals surface area contributed by atoms with Gasteiger partial charge < -0.3 is 33.7 Å². The van der Waals surface area contributed by atoms with Crippen LogP contribution < -0.4 is 5.32 Å². The molecule has 0 radical (unpaired) electrons. The maximum absolute atomic E-state index is 14.1. The highest BCUT2D eigenvalue weighted by atomic mass is 16.6. The van der Waals surface area contributed by atoms with E-state index in [-0.39, 0.29) is 31.1 Å². The summed E-state index contributed by atoms with van der Waals surface area (Å²) in [4.78, 5) is 70.9. The summed E-state index contributed by atoms with van der Waals surface area (Å²) < 4.78 is 37.9. The minimum absolute atomic E-state index is 0.0510. The molecule has 13 nitrogen and oxygen atoms in total. The van der Waals surface area contributed by atoms with Crippen molar-refractivity contribution in [3.63, 3.8) is 0 Å². The third kappa shape index (κ3) is 7.65. The molecule has 1 aromatic carbocycles. The standard InChI is InChI=1S/C42H52N2O11/c1-23-31(51-24(2)45)19-29-35(52-25(3)46)37-41(7,17-16-32(42(37)22-50-42)54-33(48)20-30(43-8)27-13-10-9-11-14-27)38(55-39(49)28-15-12-18-44-21-28)36(53-26(4)47)34(23)40(29,5)6/h9-15,18,21,29-32,35-38,43H,16-17,19-20,22H2,1-8H3/t29-,30-,31-,32+,35-,36-,37+,38-,41+,42+/m0/s1. The van der Waals surface area contributed by atoms with Gasteiger partial charge in [-0.1, -0.05) is 51.1 Å². The number of carbonyl (C=O) groups excluding carboxylic acids is 5. The van der Waals surface area contributed by atoms with E-state index in [0.29, 0.717) is 24.0 Å². The number of hydrogen-bond acceptors (Lipinski definition) is 13. The second-order valence-electron chi connectivity index (χ2n) is 16.1. The zero-order chi connectivity index (χ0) is 39.9. The van der Waals surface area contributed by atoms with Crippen LogP contribution in [0.5, 0.6) is 0 Å². The molecule has 1 N–H and O–H groups in total. The zero-order valence-electron chi connectivity index (χ0n) is 32.8. The van der Waals surface area contributed by atoms with E-state index in [1.807, 2.05) is 58.0 Å². The predicted molar refractivity (Wildman–Crippen MR) is 197 cm³/mol. The van der Waals surface area contributed by atoms with Crippen LogP contribution in [0.25, 0.3) is 0 Å². The fourth-order valence-electron chi connectivity index (χ4n) is 9.92. The third-order valence-corrected chi connectivity index (χ3v) is 12.4. The van der Waals surface area contributed by atoms with Gasteiger partial charge in [0.25, 0.3) is 0 Å². The molecule has 3 fully saturated rings. The van der Waals surface area contributed by atoms with Gasteiger partial charge >= 0.3 is 29.8 Å². The smallest absolute Gasteiger partial charge is 0.340 e. The van der Waals surface area contributed by atoms with E-state index < -0.39 is 88.6 Å². The van der Waals surface area contributed by atoms with Crippen molar-refractivity contribution in [3.05, 3.63) is 77.1 Å². The van der Waals surface area contributed by atoms with Crippen LogP contribution in [-0.4, -0.2) is 84.6 Å². The lowest BCUT2D eigenvalue weighted by Crippen LogP contribution is -2.68. The number of esters is 5. The second kappa shape index (κ2) is 15.5. The van der Waals surface area contributed by atoms with Crippen LogP contribution in [-0.2, 0) is 47.6 Å². The van der Waals surface area contributed by atoms with E-state index in [4.69, 9.17) is 28.4 Å². The first-order chi connectivity index (χ1) is 26.0. The number of carbonyl (C=O) groups is 5. The molecule has 6 rings (SSSR count). The van der Waals surface area contributed by atoms with Gasteiger partial charge in [-0.05, 0) is 67.5 Å². The van der Waals surface area contributed by atoms with Crippen molar-refractivity contribution in [2.75, 3.05) is 13.7 Å². The summed E-state index contributed by atoms with van der Waals surface area (Å²) in [6.07, 6.45) is -0.854. The van der Waals surface area contributed by atoms with Crippen LogP contribution in [0.15, 0.2) is 66.0 Å². The highest BCUT2D eigenvalue weighted by Crippen LogP contribution is 2.65. The SMILES string of the molecule is CN[C@@H](CC(=O)O[C@@H]1CC[C@]2(C)[C@@H]([C@@H](OC(C)=O)[C@@H]3C[C@H](OC(C)=O)C(C)=C([C@H](OC(C)=O)[C@@H]2OC(=O)c2cccnc2)C3(C)C)[C@@]12CO2)c1ccccc1. The molecular weight excluding hydrogens is 708 g/mol. The lowest BCUT2D eigenvalue weighted by molar-refractivity contribution is -0.223. The Hall–Kier alpha value is -4.62. The summed E-state index contributed by atoms with van der Waals surface area (Å²) >= 11 is 0. The highest BCUT2D eigenvalue weighted by molar-refractivity contribution is 5.89. The van der Waals surface area contributed by atoms with Crippen molar-refractivity contribution < 1.29 is 52.4 Å². The number of benzene rings is 1. The number of fused-ring (bicyclic) bond motifs is 4. The van der Waals surface area contributed by atoms with Crippen LogP contribution >= 0.6 is 0 Å². The van der Waals surface area contributed by atoms with E-state index in [1.165, 1.54) is 27.0 Å². The summed E-state index contributed by atoms with van der Waals surface area (Å²) in [5, 5.41) is 3.21. The van der Waals surface area contributed by atoms with Crippen LogP contribution in [0.4, 0.5) is 0 Å². The molecule has 2 bridgehead atoms. The van der Waals surface area contributed by atoms with Crippen molar-refractivity contribution in [1.82, 2.24) is 10.3 Å². The maximum atomic E-state index is 14.1. The van der Waals surface area contributed by atoms with Crippen molar-refractivity contribution in [1.29, 1.82) is 0 Å². The Bertz CT molecular complexity index is 1820. The third-order valence-electron chi connectivity index (χ3n) is 12.4. The van der Waals surface area contributed by atoms with Crippen LogP contribution in [0.3, 0.4) is 0 Å². The minimum Gasteiger partial charge on any atom is -0.462 e. The molecule has 2 aromatic rings. The average Bonchev–Trinajstić information content (AvgIpc) is 3.91. The largest absolute Gasteiger partial charge is 0.462 e. The normalized spacial score (nSPS) is 32.5. The minimum atomic E-state index is -1.17. The van der Waals surface area contributed by atoms with Crippen molar-refractivity contribution >= 4 is 29.8 Å². The number of nitrogens with zero attached hydrogens (tertiary/aromatic N) is 1. The Balaban J connectivity index is 1.51. The second-order valence-corrected chi connectivity index (χ2v) is 16.1. The lowest BCUT2D eigenvalue weighted by atomic mass is 9.48. The molecule has 1 spiro atoms. The molecule has 1 aliphatic heterocycles. The molecule has 10 atom stereocenters. The van der Waals surface area contributed by atoms with E-state index in [2.05, 4.69) is 10.3 Å². The highest BCUT2D eigenvalue weighted by Gasteiger charge is 2.75. The first-order valence-corrected chi connectivity index (χ1v) is 18.9. The van der Waals surface area contributed by atoms with Gasteiger partial charge in [-0.3, -0.25) is 24.2 Å². The van der Waals surface area contributed by atoms with Gasteiger partial charge in [0.15, 0.2) is 6.10 Å². The van der Waals surface area contributed by atoms with Gasteiger partial charge in [-0.25, -0.2) is 4.79 Å². The Kier molecular flexibility index (Phi) is 11.3. The van der Waals surface area contributed by atoms with Gasteiger partial charge in [-0.15, -0.1) is 0 Å². The van der Waals surface area contributed by atoms with E-state index in [9.17, 15) is 24.0 Å². The van der Waals surface area contributed by atoms with Gasteiger partial charge in [-0.2, -0.15) is 0 Å². The summed E-state index contributed by atoms with van der Waals surface area (Å²) in [7, 11) is 1.78. The molecule has 1 saturated heterocycles. The zero-order valence-corrected chi connectivity index (χ0v) is 32.8. The van der Waals surface area contributed by atoms with Crippen LogP contribution in [0, 0.1) is 22.7 Å². The number of pyridine rings is 1. The molecule has 3 aliphatic carbocycles. The molecule has 2 heterocycles. The number of aromatic nitrogens is 1. The average molecular weight is 761 g/mol. The first-order valence-electron chi connectivity index (χ1n) is 18.9. The quantitative estimate of drug-likeness (QED) is 0.145. The van der Waals surface area contributed by atoms with Crippen molar-refractivity contribution in [2.24, 2.45) is 22.7 Å². The number of nitrogens with one attached hydrogen (secondary N) is 1. The molecule has 296 valence electrons. The van der Waals surface area contributed by atoms with E-state index in [0.717, 1.165) is 5.56 Å². The molecule has 13 heteroatoms. The van der Waals surface area contributed by atoms with Gasteiger partial charge in [0.2, 0.25) is 0 Å². The predicted octanol–water partition coefficient (Wildman–Crippen LogP) is 5.23. The Morgan fingerprint density at radius 1 is 0.909 bits per heavy atom. The Labute approximate surface area is 321 Å². The summed E-state index contributed by atoms with van der Waals surface area (Å²) in [6, 6.07) is 12.5. The Morgan fingerprint density at radius 2 is 1.58 bits per heavy atom. The van der Waals surface area contributed by atoms with Crippen molar-refractivity contribution in [2.45, 2.75) is 116 Å². The van der Waals surface area contributed by atoms with E-state index >= 15 is 0 Å². The maximum Gasteiger partial charge on any atom is 0.340 e. The summed E-state index contributed by atoms with van der Waals surface area (Å²) in [6.45, 7) is 11.8. The summed E-state index contributed by atoms with van der Waals surface area (Å²) in [5.74, 6) is -4.07. The number of epoxide rings is 1. The first kappa shape index (κ1) is 40.1. The number of ether oxygens (including phenoxy) is 6. The topological polar surface area (TPSA) is 169 Å². The number of rotatable bonds is 10. The lowest BCUT2D eigenvalue weighted by Gasteiger charge is -2.61. The van der Waals surface area contributed by atoms with Crippen molar-refractivity contribution in [3.8, 4) is 0 Å². The van der Waals surface area contributed by atoms with E-state index in [1.54, 1.807) is 25.4 Å². The van der Waals surface area contributed by atoms with Gasteiger partial charge in [0.1, 0.15) is 30.0 Å². The number of hydrogen-bond donors (Lipinski definition) is 1. The molecule has 55 heavy (non-hydrogen) atoms. The van der Waals surface area contributed by atoms with Crippen LogP contribution in [0.1, 0.15) is 96.1 Å². The van der Waals surface area contributed by atoms with Gasteiger partial charge in [0.05, 0.1) is 18.6 Å². The fourth-order valence-corrected chi connectivity index (χ4v) is 9.92. The summed E-state index contributed by atoms with van der Waals surface area (Å²) in [5.41, 5.74) is -0.743. The molecule has 2 saturated carbocycles.